The van der Waals surface area contributed by atoms with E-state index in [1.807, 2.05) is 13.0 Å². The third-order valence-electron chi connectivity index (χ3n) is 2.82. The first kappa shape index (κ1) is 12.5. The molecule has 0 aliphatic heterocycles. The molecule has 0 spiro atoms. The maximum atomic E-state index is 13.4. The molecule has 102 valence electrons. The van der Waals surface area contributed by atoms with E-state index >= 15 is 0 Å². The molecule has 3 aromatic rings. The molecule has 0 unspecified atom stereocenters. The van der Waals surface area contributed by atoms with Gasteiger partial charge >= 0.3 is 0 Å². The van der Waals surface area contributed by atoms with Crippen LogP contribution in [0, 0.1) is 12.7 Å². The first-order chi connectivity index (χ1) is 9.65. The van der Waals surface area contributed by atoms with Crippen molar-refractivity contribution in [1.29, 1.82) is 0 Å². The summed E-state index contributed by atoms with van der Waals surface area (Å²) < 4.78 is 23.2. The number of hydrogen-bond acceptors (Lipinski definition) is 6. The second kappa shape index (κ2) is 4.84. The highest BCUT2D eigenvalue weighted by Crippen LogP contribution is 2.20. The molecule has 0 aliphatic rings. The molecule has 0 aliphatic carbocycles. The monoisotopic (exact) mass is 274 g/mol. The van der Waals surface area contributed by atoms with Gasteiger partial charge in [0, 0.05) is 6.42 Å². The Balaban J connectivity index is 2.04. The Labute approximate surface area is 113 Å². The maximum absolute atomic E-state index is 13.4. The molecule has 0 fully saturated rings. The fraction of sp³-hybridized carbons (Fsp3) is 0.231. The third-order valence-corrected chi connectivity index (χ3v) is 2.82. The molecular formula is C13H11FN4O2. The first-order valence-electron chi connectivity index (χ1n) is 5.95. The third kappa shape index (κ3) is 2.29. The van der Waals surface area contributed by atoms with Crippen molar-refractivity contribution in [2.45, 2.75) is 13.3 Å². The normalized spacial score (nSPS) is 10.9. The van der Waals surface area contributed by atoms with Crippen molar-refractivity contribution in [2.75, 3.05) is 7.11 Å². The number of aromatic nitrogens is 4. The highest BCUT2D eigenvalue weighted by molar-refractivity contribution is 5.64. The van der Waals surface area contributed by atoms with Gasteiger partial charge in [-0.25, -0.2) is 14.0 Å². The van der Waals surface area contributed by atoms with Crippen molar-refractivity contribution >= 4 is 11.3 Å². The number of hydrogen-bond donors (Lipinski definition) is 0. The summed E-state index contributed by atoms with van der Waals surface area (Å²) in [5.41, 5.74) is 2.76. The molecule has 1 aromatic carbocycles. The predicted molar refractivity (Wildman–Crippen MR) is 67.9 cm³/mol. The van der Waals surface area contributed by atoms with Crippen molar-refractivity contribution in [2.24, 2.45) is 0 Å². The minimum atomic E-state index is -0.281. The number of ether oxygens (including phenoxy) is 1. The van der Waals surface area contributed by atoms with Gasteiger partial charge in [0.2, 0.25) is 17.2 Å². The quantitative estimate of drug-likeness (QED) is 0.727. The van der Waals surface area contributed by atoms with Crippen molar-refractivity contribution < 1.29 is 13.8 Å². The van der Waals surface area contributed by atoms with Crippen LogP contribution in [0.3, 0.4) is 0 Å². The number of nitrogens with zero attached hydrogens (tertiary/aromatic N) is 4. The smallest absolute Gasteiger partial charge is 0.246 e. The molecular weight excluding hydrogens is 263 g/mol. The molecule has 0 saturated carbocycles. The molecule has 0 N–H and O–H groups in total. The summed E-state index contributed by atoms with van der Waals surface area (Å²) >= 11 is 0. The van der Waals surface area contributed by atoms with E-state index in [1.165, 1.54) is 19.2 Å². The van der Waals surface area contributed by atoms with Crippen LogP contribution >= 0.6 is 0 Å². The van der Waals surface area contributed by atoms with Gasteiger partial charge in [0.05, 0.1) is 7.11 Å². The van der Waals surface area contributed by atoms with Crippen LogP contribution in [0.15, 0.2) is 22.8 Å². The Bertz CT molecular complexity index is 752. The fourth-order valence-corrected chi connectivity index (χ4v) is 2.04. The highest BCUT2D eigenvalue weighted by atomic mass is 19.1. The summed E-state index contributed by atoms with van der Waals surface area (Å²) in [6, 6.07) is 4.81. The van der Waals surface area contributed by atoms with Gasteiger partial charge < -0.3 is 4.74 Å². The van der Waals surface area contributed by atoms with Crippen LogP contribution in [-0.2, 0) is 6.42 Å². The van der Waals surface area contributed by atoms with Gasteiger partial charge in [-0.05, 0) is 40.5 Å². The molecule has 0 atom stereocenters. The first-order valence-corrected chi connectivity index (χ1v) is 5.95. The summed E-state index contributed by atoms with van der Waals surface area (Å²) in [7, 11) is 1.49. The number of halogens is 1. The van der Waals surface area contributed by atoms with Crippen molar-refractivity contribution in [3.05, 3.63) is 40.8 Å². The zero-order valence-corrected chi connectivity index (χ0v) is 10.9. The minimum absolute atomic E-state index is 0.279. The lowest BCUT2D eigenvalue weighted by atomic mass is 10.1. The molecule has 6 nitrogen and oxygen atoms in total. The molecule has 0 bridgehead atoms. The molecule has 0 radical (unpaired) electrons. The van der Waals surface area contributed by atoms with Crippen molar-refractivity contribution in [3.63, 3.8) is 0 Å². The van der Waals surface area contributed by atoms with Gasteiger partial charge in [-0.1, -0.05) is 6.07 Å². The molecule has 0 saturated heterocycles. The lowest BCUT2D eigenvalue weighted by molar-refractivity contribution is 0.313. The number of aryl methyl sites for hydroxylation is 1. The Hall–Kier alpha value is -2.57. The van der Waals surface area contributed by atoms with Crippen molar-refractivity contribution in [1.82, 2.24) is 20.3 Å². The Morgan fingerprint density at radius 2 is 1.90 bits per heavy atom. The zero-order chi connectivity index (χ0) is 14.1. The van der Waals surface area contributed by atoms with E-state index < -0.39 is 0 Å². The number of rotatable bonds is 3. The van der Waals surface area contributed by atoms with Gasteiger partial charge in [-0.2, -0.15) is 4.98 Å². The zero-order valence-electron chi connectivity index (χ0n) is 10.9. The van der Waals surface area contributed by atoms with Crippen LogP contribution in [0.25, 0.3) is 11.3 Å². The second-order valence-corrected chi connectivity index (χ2v) is 4.40. The molecule has 3 rings (SSSR count). The standard InChI is InChI=1S/C13H11FN4O2/c1-7-3-8(5-9(14)4-7)6-10-13(19-2)16-12-11(15-10)17-20-18-12/h3-5H,6H2,1-2H3. The Morgan fingerprint density at radius 3 is 2.60 bits per heavy atom. The van der Waals surface area contributed by atoms with Crippen LogP contribution in [0.5, 0.6) is 5.88 Å². The molecule has 0 amide bonds. The van der Waals surface area contributed by atoms with E-state index in [1.54, 1.807) is 0 Å². The van der Waals surface area contributed by atoms with Crippen LogP contribution in [0.4, 0.5) is 4.39 Å². The number of methoxy groups -OCH3 is 1. The number of fused-ring (bicyclic) bond motifs is 1. The van der Waals surface area contributed by atoms with E-state index in [4.69, 9.17) is 4.74 Å². The summed E-state index contributed by atoms with van der Waals surface area (Å²) in [4.78, 5) is 8.43. The van der Waals surface area contributed by atoms with E-state index in [-0.39, 0.29) is 11.5 Å². The molecule has 20 heavy (non-hydrogen) atoms. The van der Waals surface area contributed by atoms with Gasteiger partial charge in [0.15, 0.2) is 0 Å². The Morgan fingerprint density at radius 1 is 1.15 bits per heavy atom. The molecule has 7 heteroatoms. The van der Waals surface area contributed by atoms with Crippen molar-refractivity contribution in [3.8, 4) is 5.88 Å². The van der Waals surface area contributed by atoms with Crippen LogP contribution in [0.1, 0.15) is 16.8 Å². The van der Waals surface area contributed by atoms with Gasteiger partial charge in [0.25, 0.3) is 0 Å². The largest absolute Gasteiger partial charge is 0.480 e. The maximum Gasteiger partial charge on any atom is 0.246 e. The summed E-state index contributed by atoms with van der Waals surface area (Å²) in [5, 5.41) is 7.25. The topological polar surface area (TPSA) is 73.9 Å². The highest BCUT2D eigenvalue weighted by Gasteiger charge is 2.14. The Kier molecular flexibility index (Phi) is 3.02. The average molecular weight is 274 g/mol. The van der Waals surface area contributed by atoms with E-state index in [9.17, 15) is 4.39 Å². The molecule has 2 aromatic heterocycles. The second-order valence-electron chi connectivity index (χ2n) is 4.40. The van der Waals surface area contributed by atoms with E-state index in [0.29, 0.717) is 23.6 Å². The SMILES string of the molecule is COc1nc2nonc2nc1Cc1cc(C)cc(F)c1. The van der Waals surface area contributed by atoms with E-state index in [0.717, 1.165) is 11.1 Å². The molecule has 2 heterocycles. The van der Waals surface area contributed by atoms with Crippen LogP contribution in [-0.4, -0.2) is 27.4 Å². The summed E-state index contributed by atoms with van der Waals surface area (Å²) in [6.07, 6.45) is 0.386. The number of benzene rings is 1. The van der Waals surface area contributed by atoms with Crippen LogP contribution < -0.4 is 4.74 Å². The lowest BCUT2D eigenvalue weighted by Gasteiger charge is -2.06. The van der Waals surface area contributed by atoms with Gasteiger partial charge in [-0.3, -0.25) is 0 Å². The lowest BCUT2D eigenvalue weighted by Crippen LogP contribution is -2.01. The van der Waals surface area contributed by atoms with Gasteiger partial charge in [-0.15, -0.1) is 0 Å². The summed E-state index contributed by atoms with van der Waals surface area (Å²) in [6.45, 7) is 1.83. The summed E-state index contributed by atoms with van der Waals surface area (Å²) in [5.74, 6) is 0.0474. The minimum Gasteiger partial charge on any atom is -0.480 e. The van der Waals surface area contributed by atoms with E-state index in [2.05, 4.69) is 24.9 Å². The fourth-order valence-electron chi connectivity index (χ4n) is 2.04. The van der Waals surface area contributed by atoms with Gasteiger partial charge in [0.1, 0.15) is 11.5 Å². The van der Waals surface area contributed by atoms with Crippen LogP contribution in [0.2, 0.25) is 0 Å². The predicted octanol–water partition coefficient (Wildman–Crippen LogP) is 2.06. The average Bonchev–Trinajstić information content (AvgIpc) is 2.83.